The number of nitrogens with one attached hydrogen (secondary N) is 1. The first-order valence-electron chi connectivity index (χ1n) is 6.97. The number of fused-ring (bicyclic) bond motifs is 1. The number of amides is 1. The van der Waals surface area contributed by atoms with E-state index < -0.39 is 13.5 Å². The van der Waals surface area contributed by atoms with Crippen LogP contribution in [0.3, 0.4) is 0 Å². The van der Waals surface area contributed by atoms with Gasteiger partial charge in [0, 0.05) is 11.8 Å². The van der Waals surface area contributed by atoms with Crippen molar-refractivity contribution in [2.75, 3.05) is 5.32 Å². The van der Waals surface area contributed by atoms with Crippen LogP contribution in [-0.2, 0) is 15.5 Å². The molecule has 1 atom stereocenters. The summed E-state index contributed by atoms with van der Waals surface area (Å²) >= 11 is 5.80. The average molecular weight is 366 g/mol. The number of aromatic nitrogens is 1. The normalized spacial score (nSPS) is 17.1. The van der Waals surface area contributed by atoms with E-state index in [1.54, 1.807) is 36.4 Å². The van der Waals surface area contributed by atoms with Crippen molar-refractivity contribution >= 4 is 42.8 Å². The molecule has 124 valence electrons. The number of aliphatic imine (C=N–C) groups is 1. The first kappa shape index (κ1) is 16.8. The highest BCUT2D eigenvalue weighted by molar-refractivity contribution is 7.50. The monoisotopic (exact) mass is 365 g/mol. The Morgan fingerprint density at radius 1 is 1.25 bits per heavy atom. The van der Waals surface area contributed by atoms with Gasteiger partial charge in [-0.3, -0.25) is 14.4 Å². The van der Waals surface area contributed by atoms with E-state index in [9.17, 15) is 9.36 Å². The van der Waals surface area contributed by atoms with E-state index in [0.717, 1.165) is 0 Å². The molecule has 0 saturated heterocycles. The fourth-order valence-electron chi connectivity index (χ4n) is 2.37. The van der Waals surface area contributed by atoms with Gasteiger partial charge in [-0.25, -0.2) is 4.98 Å². The quantitative estimate of drug-likeness (QED) is 0.438. The third-order valence-corrected chi connectivity index (χ3v) is 4.44. The maximum absolute atomic E-state index is 12.0. The topological polar surface area (TPSA) is 112 Å². The second-order valence-electron chi connectivity index (χ2n) is 5.31. The smallest absolute Gasteiger partial charge is 0.324 e. The standard InChI is InChI=1S/C15H13ClN3O4P/c16-13-6-5-11-12(15(20)19-14(11)18-13)7-17-10-3-1-9(2-4-10)8-24(21,22)23/h1-7,12H,8H2,(H,18,19,20)(H2,21,22,23). The molecule has 24 heavy (non-hydrogen) atoms. The molecule has 9 heteroatoms. The van der Waals surface area contributed by atoms with Crippen LogP contribution in [0.1, 0.15) is 17.0 Å². The fourth-order valence-corrected chi connectivity index (χ4v) is 3.20. The minimum atomic E-state index is -4.09. The summed E-state index contributed by atoms with van der Waals surface area (Å²) in [6, 6.07) is 9.79. The van der Waals surface area contributed by atoms with Crippen LogP contribution in [0, 0.1) is 0 Å². The van der Waals surface area contributed by atoms with Crippen LogP contribution in [0.2, 0.25) is 5.15 Å². The zero-order valence-corrected chi connectivity index (χ0v) is 13.9. The number of benzene rings is 1. The fraction of sp³-hybridized carbons (Fsp3) is 0.133. The van der Waals surface area contributed by atoms with Crippen molar-refractivity contribution in [2.24, 2.45) is 4.99 Å². The number of pyridine rings is 1. The minimum Gasteiger partial charge on any atom is -0.324 e. The van der Waals surface area contributed by atoms with Gasteiger partial charge in [-0.1, -0.05) is 29.8 Å². The van der Waals surface area contributed by atoms with Crippen molar-refractivity contribution in [3.05, 3.63) is 52.7 Å². The lowest BCUT2D eigenvalue weighted by Gasteiger charge is -2.04. The molecule has 1 aromatic carbocycles. The number of carbonyl (C=O) groups excluding carboxylic acids is 1. The molecular formula is C15H13ClN3O4P. The van der Waals surface area contributed by atoms with Gasteiger partial charge in [-0.15, -0.1) is 0 Å². The molecule has 0 fully saturated rings. The molecule has 3 rings (SSSR count). The Morgan fingerprint density at radius 3 is 2.62 bits per heavy atom. The third-order valence-electron chi connectivity index (χ3n) is 3.45. The van der Waals surface area contributed by atoms with Crippen molar-refractivity contribution in [1.82, 2.24) is 4.98 Å². The Balaban J connectivity index is 1.77. The van der Waals surface area contributed by atoms with Gasteiger partial charge in [0.15, 0.2) is 0 Å². The van der Waals surface area contributed by atoms with Gasteiger partial charge in [0.2, 0.25) is 5.91 Å². The summed E-state index contributed by atoms with van der Waals surface area (Å²) in [5.41, 5.74) is 1.80. The SMILES string of the molecule is O=C1Nc2nc(Cl)ccc2C1C=Nc1ccc(CP(=O)(O)O)cc1. The van der Waals surface area contributed by atoms with Crippen molar-refractivity contribution in [3.63, 3.8) is 0 Å². The van der Waals surface area contributed by atoms with Crippen molar-refractivity contribution in [1.29, 1.82) is 0 Å². The number of anilines is 1. The lowest BCUT2D eigenvalue weighted by Crippen LogP contribution is -2.12. The van der Waals surface area contributed by atoms with Crippen molar-refractivity contribution < 1.29 is 19.1 Å². The third kappa shape index (κ3) is 3.88. The number of hydrogen-bond acceptors (Lipinski definition) is 4. The maximum Gasteiger partial charge on any atom is 0.329 e. The number of halogens is 1. The van der Waals surface area contributed by atoms with E-state index in [0.29, 0.717) is 27.8 Å². The van der Waals surface area contributed by atoms with Crippen LogP contribution in [0.4, 0.5) is 11.5 Å². The molecule has 1 aliphatic rings. The molecule has 2 aromatic rings. The molecule has 1 aromatic heterocycles. The van der Waals surface area contributed by atoms with E-state index in [2.05, 4.69) is 15.3 Å². The second kappa shape index (κ2) is 6.45. The number of carbonyl (C=O) groups is 1. The van der Waals surface area contributed by atoms with Crippen LogP contribution in [0.25, 0.3) is 0 Å². The average Bonchev–Trinajstić information content (AvgIpc) is 2.79. The van der Waals surface area contributed by atoms with Gasteiger partial charge >= 0.3 is 7.60 Å². The van der Waals surface area contributed by atoms with Crippen molar-refractivity contribution in [2.45, 2.75) is 12.1 Å². The largest absolute Gasteiger partial charge is 0.329 e. The first-order valence-corrected chi connectivity index (χ1v) is 9.14. The van der Waals surface area contributed by atoms with Gasteiger partial charge in [0.25, 0.3) is 0 Å². The molecule has 1 aliphatic heterocycles. The summed E-state index contributed by atoms with van der Waals surface area (Å²) in [5.74, 6) is -0.359. The highest BCUT2D eigenvalue weighted by Crippen LogP contribution is 2.39. The molecule has 0 bridgehead atoms. The Morgan fingerprint density at radius 2 is 1.96 bits per heavy atom. The van der Waals surface area contributed by atoms with E-state index in [1.807, 2.05) is 0 Å². The molecule has 7 nitrogen and oxygen atoms in total. The van der Waals surface area contributed by atoms with Crippen LogP contribution in [0.15, 0.2) is 41.4 Å². The van der Waals surface area contributed by atoms with Crippen LogP contribution in [-0.4, -0.2) is 26.9 Å². The summed E-state index contributed by atoms with van der Waals surface area (Å²) in [4.78, 5) is 38.2. The van der Waals surface area contributed by atoms with Gasteiger partial charge < -0.3 is 15.1 Å². The molecule has 1 unspecified atom stereocenters. The Labute approximate surface area is 142 Å². The molecule has 1 amide bonds. The first-order chi connectivity index (χ1) is 11.3. The Hall–Kier alpha value is -2.05. The van der Waals surface area contributed by atoms with Gasteiger partial charge in [0.05, 0.1) is 11.8 Å². The molecule has 0 spiro atoms. The lowest BCUT2D eigenvalue weighted by molar-refractivity contribution is -0.115. The summed E-state index contributed by atoms with van der Waals surface area (Å²) in [6.45, 7) is 0. The summed E-state index contributed by atoms with van der Waals surface area (Å²) in [7, 11) is -4.09. The lowest BCUT2D eigenvalue weighted by atomic mass is 10.0. The predicted molar refractivity (Wildman–Crippen MR) is 91.0 cm³/mol. The second-order valence-corrected chi connectivity index (χ2v) is 7.34. The number of rotatable bonds is 4. The van der Waals surface area contributed by atoms with E-state index in [4.69, 9.17) is 21.4 Å². The van der Waals surface area contributed by atoms with Gasteiger partial charge in [0.1, 0.15) is 16.9 Å². The Bertz CT molecular complexity index is 864. The van der Waals surface area contributed by atoms with Crippen LogP contribution >= 0.6 is 19.2 Å². The Kier molecular flexibility index (Phi) is 4.51. The van der Waals surface area contributed by atoms with Crippen LogP contribution in [0.5, 0.6) is 0 Å². The highest BCUT2D eigenvalue weighted by atomic mass is 35.5. The van der Waals surface area contributed by atoms with E-state index in [1.165, 1.54) is 6.21 Å². The van der Waals surface area contributed by atoms with E-state index >= 15 is 0 Å². The van der Waals surface area contributed by atoms with E-state index in [-0.39, 0.29) is 12.1 Å². The summed E-state index contributed by atoms with van der Waals surface area (Å²) < 4.78 is 11.0. The van der Waals surface area contributed by atoms with Gasteiger partial charge in [-0.2, -0.15) is 0 Å². The van der Waals surface area contributed by atoms with Crippen molar-refractivity contribution in [3.8, 4) is 0 Å². The number of hydrogen-bond donors (Lipinski definition) is 3. The minimum absolute atomic E-state index is 0.235. The molecule has 0 radical (unpaired) electrons. The zero-order valence-electron chi connectivity index (χ0n) is 12.3. The molecule has 3 N–H and O–H groups in total. The highest BCUT2D eigenvalue weighted by Gasteiger charge is 2.30. The molecular weight excluding hydrogens is 353 g/mol. The van der Waals surface area contributed by atoms with Crippen LogP contribution < -0.4 is 5.32 Å². The predicted octanol–water partition coefficient (Wildman–Crippen LogP) is 2.85. The maximum atomic E-state index is 12.0. The summed E-state index contributed by atoms with van der Waals surface area (Å²) in [6.07, 6.45) is 1.19. The zero-order chi connectivity index (χ0) is 17.3. The molecule has 0 saturated carbocycles. The van der Waals surface area contributed by atoms with Gasteiger partial charge in [-0.05, 0) is 23.8 Å². The molecule has 0 aliphatic carbocycles. The molecule has 2 heterocycles. The summed E-state index contributed by atoms with van der Waals surface area (Å²) in [5, 5.41) is 2.95. The number of nitrogens with zero attached hydrogens (tertiary/aromatic N) is 2.